The molecule has 3 rings (SSSR count). The lowest BCUT2D eigenvalue weighted by Gasteiger charge is -2.32. The number of hydrogen-bond acceptors (Lipinski definition) is 3. The molecule has 5 heteroatoms. The van der Waals surface area contributed by atoms with Crippen molar-refractivity contribution >= 4 is 18.3 Å². The Hall–Kier alpha value is -1.26. The monoisotopic (exact) mass is 352 g/mol. The number of carbonyl (C=O) groups excluding carboxylic acids is 1. The van der Waals surface area contributed by atoms with Crippen LogP contribution in [0.4, 0.5) is 0 Å². The average molecular weight is 353 g/mol. The second-order valence-electron chi connectivity index (χ2n) is 6.91. The van der Waals surface area contributed by atoms with Crippen molar-refractivity contribution in [2.24, 2.45) is 0 Å². The van der Waals surface area contributed by atoms with Crippen LogP contribution >= 0.6 is 12.4 Å². The van der Waals surface area contributed by atoms with Gasteiger partial charge >= 0.3 is 0 Å². The molecule has 0 aromatic heterocycles. The van der Waals surface area contributed by atoms with Crippen LogP contribution in [0.2, 0.25) is 0 Å². The number of carbonyl (C=O) groups is 1. The first kappa shape index (κ1) is 19.1. The number of ether oxygens (including phenoxy) is 1. The van der Waals surface area contributed by atoms with Gasteiger partial charge in [0.05, 0.1) is 13.2 Å². The van der Waals surface area contributed by atoms with Crippen LogP contribution in [0.15, 0.2) is 24.3 Å². The molecule has 0 spiro atoms. The van der Waals surface area contributed by atoms with Crippen molar-refractivity contribution < 1.29 is 9.53 Å². The summed E-state index contributed by atoms with van der Waals surface area (Å²) in [5.41, 5.74) is 1.27. The molecule has 1 amide bonds. The highest BCUT2D eigenvalue weighted by molar-refractivity contribution is 5.85. The summed E-state index contributed by atoms with van der Waals surface area (Å²) in [7, 11) is 1.73. The Kier molecular flexibility index (Phi) is 6.93. The fourth-order valence-electron chi connectivity index (χ4n) is 4.13. The quantitative estimate of drug-likeness (QED) is 0.855. The molecule has 1 unspecified atom stereocenters. The van der Waals surface area contributed by atoms with Crippen LogP contribution in [0.5, 0.6) is 5.75 Å². The average Bonchev–Trinajstić information content (AvgIpc) is 3.10. The summed E-state index contributed by atoms with van der Waals surface area (Å²) in [5.74, 6) is 1.10. The molecule has 2 fully saturated rings. The van der Waals surface area contributed by atoms with Crippen LogP contribution in [0.25, 0.3) is 0 Å². The largest absolute Gasteiger partial charge is 0.496 e. The molecule has 1 aliphatic carbocycles. The van der Waals surface area contributed by atoms with E-state index in [1.807, 2.05) is 12.1 Å². The predicted molar refractivity (Wildman–Crippen MR) is 99.0 cm³/mol. The fraction of sp³-hybridized carbons (Fsp3) is 0.632. The van der Waals surface area contributed by atoms with Gasteiger partial charge in [0.2, 0.25) is 5.91 Å². The standard InChI is InChI=1S/C19H28N2O2.ClH/c1-23-17-10-3-2-8-15(17)19(11-5-6-12-19)14-21-18(22)16-9-4-7-13-20-16;/h2-3,8,10,16,20H,4-7,9,11-14H2,1H3,(H,21,22);1H. The molecule has 1 heterocycles. The Balaban J connectivity index is 0.00000208. The molecule has 1 saturated heterocycles. The summed E-state index contributed by atoms with van der Waals surface area (Å²) in [6.07, 6.45) is 7.94. The number of amides is 1. The Morgan fingerprint density at radius 1 is 1.25 bits per heavy atom. The highest BCUT2D eigenvalue weighted by Crippen LogP contribution is 2.44. The summed E-state index contributed by atoms with van der Waals surface area (Å²) in [5, 5.41) is 6.56. The molecule has 1 saturated carbocycles. The van der Waals surface area contributed by atoms with Crippen LogP contribution in [0.3, 0.4) is 0 Å². The van der Waals surface area contributed by atoms with Gasteiger partial charge in [-0.25, -0.2) is 0 Å². The molecule has 24 heavy (non-hydrogen) atoms. The number of nitrogens with one attached hydrogen (secondary N) is 2. The van der Waals surface area contributed by atoms with Crippen LogP contribution in [-0.4, -0.2) is 32.1 Å². The van der Waals surface area contributed by atoms with Crippen molar-refractivity contribution in [1.82, 2.24) is 10.6 Å². The second kappa shape index (κ2) is 8.72. The molecule has 4 nitrogen and oxygen atoms in total. The Labute approximate surface area is 151 Å². The topological polar surface area (TPSA) is 50.4 Å². The highest BCUT2D eigenvalue weighted by Gasteiger charge is 2.38. The number of halogens is 1. The summed E-state index contributed by atoms with van der Waals surface area (Å²) >= 11 is 0. The SMILES string of the molecule is COc1ccccc1C1(CNC(=O)C2CCCCN2)CCCC1.Cl. The van der Waals surface area contributed by atoms with Crippen LogP contribution < -0.4 is 15.4 Å². The summed E-state index contributed by atoms with van der Waals surface area (Å²) < 4.78 is 5.58. The minimum atomic E-state index is -0.0140. The smallest absolute Gasteiger partial charge is 0.237 e. The van der Waals surface area contributed by atoms with Gasteiger partial charge in [0, 0.05) is 17.5 Å². The Morgan fingerprint density at radius 3 is 2.67 bits per heavy atom. The first-order chi connectivity index (χ1) is 11.2. The normalized spacial score (nSPS) is 22.5. The van der Waals surface area contributed by atoms with Crippen molar-refractivity contribution in [3.8, 4) is 5.75 Å². The van der Waals surface area contributed by atoms with E-state index in [2.05, 4.69) is 22.8 Å². The lowest BCUT2D eigenvalue weighted by molar-refractivity contribution is -0.123. The molecule has 2 aliphatic rings. The Morgan fingerprint density at radius 2 is 2.00 bits per heavy atom. The number of para-hydroxylation sites is 1. The van der Waals surface area contributed by atoms with Crippen LogP contribution in [0, 0.1) is 0 Å². The van der Waals surface area contributed by atoms with Crippen molar-refractivity contribution in [2.45, 2.75) is 56.4 Å². The summed E-state index contributed by atoms with van der Waals surface area (Å²) in [4.78, 5) is 12.5. The van der Waals surface area contributed by atoms with Gasteiger partial charge < -0.3 is 15.4 Å². The zero-order valence-electron chi connectivity index (χ0n) is 14.5. The lowest BCUT2D eigenvalue weighted by Crippen LogP contribution is -2.49. The molecular weight excluding hydrogens is 324 g/mol. The third kappa shape index (κ3) is 4.04. The fourth-order valence-corrected chi connectivity index (χ4v) is 4.13. The van der Waals surface area contributed by atoms with E-state index in [0.717, 1.165) is 38.0 Å². The molecular formula is C19H29ClN2O2. The Bertz CT molecular complexity index is 538. The van der Waals surface area contributed by atoms with Gasteiger partial charge in [0.1, 0.15) is 5.75 Å². The van der Waals surface area contributed by atoms with E-state index in [4.69, 9.17) is 4.74 Å². The van der Waals surface area contributed by atoms with E-state index in [9.17, 15) is 4.79 Å². The third-order valence-corrected chi connectivity index (χ3v) is 5.47. The van der Waals surface area contributed by atoms with Gasteiger partial charge in [0.15, 0.2) is 0 Å². The van der Waals surface area contributed by atoms with Crippen LogP contribution in [-0.2, 0) is 10.2 Å². The molecule has 1 aromatic carbocycles. The van der Waals surface area contributed by atoms with Gasteiger partial charge in [-0.15, -0.1) is 12.4 Å². The molecule has 0 bridgehead atoms. The maximum Gasteiger partial charge on any atom is 0.237 e. The van der Waals surface area contributed by atoms with Crippen molar-refractivity contribution in [3.05, 3.63) is 29.8 Å². The molecule has 2 N–H and O–H groups in total. The summed E-state index contributed by atoms with van der Waals surface area (Å²) in [6.45, 7) is 1.67. The molecule has 1 atom stereocenters. The molecule has 134 valence electrons. The zero-order valence-corrected chi connectivity index (χ0v) is 15.3. The summed E-state index contributed by atoms with van der Waals surface area (Å²) in [6, 6.07) is 8.26. The van der Waals surface area contributed by atoms with Crippen molar-refractivity contribution in [2.75, 3.05) is 20.2 Å². The van der Waals surface area contributed by atoms with Gasteiger partial charge in [-0.05, 0) is 38.3 Å². The van der Waals surface area contributed by atoms with E-state index < -0.39 is 0 Å². The highest BCUT2D eigenvalue weighted by atomic mass is 35.5. The van der Waals surface area contributed by atoms with E-state index in [1.54, 1.807) is 7.11 Å². The number of hydrogen-bond donors (Lipinski definition) is 2. The van der Waals surface area contributed by atoms with E-state index in [-0.39, 0.29) is 29.8 Å². The lowest BCUT2D eigenvalue weighted by atomic mass is 9.78. The first-order valence-corrected chi connectivity index (χ1v) is 8.90. The number of piperidine rings is 1. The van der Waals surface area contributed by atoms with Crippen molar-refractivity contribution in [1.29, 1.82) is 0 Å². The minimum Gasteiger partial charge on any atom is -0.496 e. The van der Waals surface area contributed by atoms with Gasteiger partial charge in [-0.3, -0.25) is 4.79 Å². The third-order valence-electron chi connectivity index (χ3n) is 5.47. The first-order valence-electron chi connectivity index (χ1n) is 8.90. The minimum absolute atomic E-state index is 0. The maximum atomic E-state index is 12.5. The predicted octanol–water partition coefficient (Wildman–Crippen LogP) is 3.19. The zero-order chi connectivity index (χ0) is 16.1. The van der Waals surface area contributed by atoms with Crippen molar-refractivity contribution in [3.63, 3.8) is 0 Å². The maximum absolute atomic E-state index is 12.5. The number of methoxy groups -OCH3 is 1. The molecule has 1 aliphatic heterocycles. The van der Waals surface area contributed by atoms with E-state index in [1.165, 1.54) is 24.8 Å². The molecule has 1 aromatic rings. The van der Waals surface area contributed by atoms with E-state index in [0.29, 0.717) is 6.54 Å². The van der Waals surface area contributed by atoms with Gasteiger partial charge in [-0.2, -0.15) is 0 Å². The van der Waals surface area contributed by atoms with Gasteiger partial charge in [0.25, 0.3) is 0 Å². The van der Waals surface area contributed by atoms with E-state index >= 15 is 0 Å². The molecule has 0 radical (unpaired) electrons. The number of benzene rings is 1. The van der Waals surface area contributed by atoms with Gasteiger partial charge in [-0.1, -0.05) is 37.5 Å². The van der Waals surface area contributed by atoms with Crippen LogP contribution in [0.1, 0.15) is 50.5 Å². The second-order valence-corrected chi connectivity index (χ2v) is 6.91. The number of rotatable bonds is 5.